The minimum Gasteiger partial charge on any atom is -0.355 e. The molecule has 8 nitrogen and oxygen atoms in total. The maximum absolute atomic E-state index is 13.4. The Labute approximate surface area is 219 Å². The third-order valence-electron chi connectivity index (χ3n) is 7.20. The first-order valence-corrected chi connectivity index (χ1v) is 13.2. The zero-order chi connectivity index (χ0) is 26.1. The Morgan fingerprint density at radius 3 is 2.47 bits per heavy atom. The molecule has 9 heteroatoms. The van der Waals surface area contributed by atoms with Gasteiger partial charge in [0.1, 0.15) is 5.82 Å². The number of aromatic nitrogens is 2. The highest BCUT2D eigenvalue weighted by molar-refractivity contribution is 9.10. The SMILES string of the molecule is CCN(c1c(C)c(C(=O)NCc2c(C)cc(C)[nH]c2=O)cc2cc(Br)cn12)C1CCN(C(C)=O)CC1. The van der Waals surface area contributed by atoms with Crippen molar-refractivity contribution >= 4 is 39.1 Å². The number of anilines is 1. The number of carbonyl (C=O) groups is 2. The third-order valence-corrected chi connectivity index (χ3v) is 7.64. The molecular weight excluding hydrogens is 522 g/mol. The molecule has 1 aliphatic heterocycles. The molecule has 0 spiro atoms. The molecule has 1 aliphatic rings. The second-order valence-corrected chi connectivity index (χ2v) is 10.5. The lowest BCUT2D eigenvalue weighted by Gasteiger charge is -2.40. The van der Waals surface area contributed by atoms with Crippen LogP contribution in [0, 0.1) is 20.8 Å². The summed E-state index contributed by atoms with van der Waals surface area (Å²) in [4.78, 5) is 44.8. The Hall–Kier alpha value is -3.07. The monoisotopic (exact) mass is 555 g/mol. The van der Waals surface area contributed by atoms with Gasteiger partial charge >= 0.3 is 0 Å². The number of aromatic amines is 1. The normalized spacial score (nSPS) is 14.3. The molecular formula is C27H34BrN5O3. The van der Waals surface area contributed by atoms with Gasteiger partial charge in [0.05, 0.1) is 0 Å². The number of pyridine rings is 2. The molecule has 0 aromatic carbocycles. The average molecular weight is 557 g/mol. The molecule has 4 heterocycles. The predicted octanol–water partition coefficient (Wildman–Crippen LogP) is 4.08. The number of carbonyl (C=O) groups excluding carboxylic acids is 2. The van der Waals surface area contributed by atoms with E-state index < -0.39 is 0 Å². The van der Waals surface area contributed by atoms with Crippen LogP contribution in [0.4, 0.5) is 5.82 Å². The van der Waals surface area contributed by atoms with Crippen LogP contribution in [0.5, 0.6) is 0 Å². The van der Waals surface area contributed by atoms with Crippen LogP contribution in [-0.2, 0) is 11.3 Å². The van der Waals surface area contributed by atoms with Crippen LogP contribution in [0.15, 0.2) is 33.7 Å². The molecule has 36 heavy (non-hydrogen) atoms. The molecule has 0 atom stereocenters. The zero-order valence-corrected chi connectivity index (χ0v) is 23.2. The van der Waals surface area contributed by atoms with Gasteiger partial charge in [-0.15, -0.1) is 0 Å². The van der Waals surface area contributed by atoms with Gasteiger partial charge in [-0.3, -0.25) is 14.4 Å². The summed E-state index contributed by atoms with van der Waals surface area (Å²) >= 11 is 3.60. The van der Waals surface area contributed by atoms with Gasteiger partial charge < -0.3 is 24.5 Å². The summed E-state index contributed by atoms with van der Waals surface area (Å²) < 4.78 is 3.07. The second-order valence-electron chi connectivity index (χ2n) is 9.61. The summed E-state index contributed by atoms with van der Waals surface area (Å²) in [5.74, 6) is 0.887. The number of amides is 2. The van der Waals surface area contributed by atoms with Crippen LogP contribution in [0.2, 0.25) is 0 Å². The van der Waals surface area contributed by atoms with Crippen molar-refractivity contribution < 1.29 is 9.59 Å². The topological polar surface area (TPSA) is 89.9 Å². The van der Waals surface area contributed by atoms with E-state index >= 15 is 0 Å². The first-order valence-electron chi connectivity index (χ1n) is 12.4. The van der Waals surface area contributed by atoms with Crippen molar-refractivity contribution in [1.82, 2.24) is 19.6 Å². The summed E-state index contributed by atoms with van der Waals surface area (Å²) in [6.07, 6.45) is 3.79. The molecule has 4 rings (SSSR count). The molecule has 2 amide bonds. The summed E-state index contributed by atoms with van der Waals surface area (Å²) in [6.45, 7) is 11.9. The van der Waals surface area contributed by atoms with Crippen molar-refractivity contribution in [2.75, 3.05) is 24.5 Å². The first-order chi connectivity index (χ1) is 17.1. The number of aryl methyl sites for hydroxylation is 2. The largest absolute Gasteiger partial charge is 0.355 e. The van der Waals surface area contributed by atoms with Crippen molar-refractivity contribution in [3.8, 4) is 0 Å². The van der Waals surface area contributed by atoms with Crippen molar-refractivity contribution in [3.63, 3.8) is 0 Å². The number of rotatable bonds is 6. The third kappa shape index (κ3) is 5.07. The quantitative estimate of drug-likeness (QED) is 0.479. The molecule has 2 N–H and O–H groups in total. The van der Waals surface area contributed by atoms with Gasteiger partial charge in [0.25, 0.3) is 11.5 Å². The van der Waals surface area contributed by atoms with Gasteiger partial charge in [0, 0.05) is 77.7 Å². The van der Waals surface area contributed by atoms with E-state index in [1.807, 2.05) is 50.1 Å². The van der Waals surface area contributed by atoms with E-state index in [9.17, 15) is 14.4 Å². The molecule has 3 aromatic rings. The highest BCUT2D eigenvalue weighted by Crippen LogP contribution is 2.32. The minimum absolute atomic E-state index is 0.116. The first kappa shape index (κ1) is 26.0. The van der Waals surface area contributed by atoms with Crippen LogP contribution in [0.1, 0.15) is 59.4 Å². The number of hydrogen-bond donors (Lipinski definition) is 2. The van der Waals surface area contributed by atoms with E-state index in [1.165, 1.54) is 0 Å². The number of fused-ring (bicyclic) bond motifs is 1. The summed E-state index contributed by atoms with van der Waals surface area (Å²) in [5.41, 5.74) is 4.42. The van der Waals surface area contributed by atoms with E-state index in [0.29, 0.717) is 11.1 Å². The van der Waals surface area contributed by atoms with Crippen molar-refractivity contribution in [2.24, 2.45) is 0 Å². The predicted molar refractivity (Wildman–Crippen MR) is 146 cm³/mol. The van der Waals surface area contributed by atoms with E-state index in [2.05, 4.69) is 42.5 Å². The Kier molecular flexibility index (Phi) is 7.59. The molecule has 0 radical (unpaired) electrons. The second kappa shape index (κ2) is 10.5. The van der Waals surface area contributed by atoms with Crippen molar-refractivity contribution in [1.29, 1.82) is 0 Å². The van der Waals surface area contributed by atoms with Gasteiger partial charge in [-0.05, 0) is 80.2 Å². The maximum atomic E-state index is 13.4. The molecule has 0 saturated carbocycles. The van der Waals surface area contributed by atoms with E-state index in [0.717, 1.165) is 65.1 Å². The van der Waals surface area contributed by atoms with Gasteiger partial charge in [-0.25, -0.2) is 0 Å². The molecule has 1 saturated heterocycles. The van der Waals surface area contributed by atoms with Crippen molar-refractivity contribution in [2.45, 2.75) is 60.0 Å². The average Bonchev–Trinajstić information content (AvgIpc) is 3.19. The van der Waals surface area contributed by atoms with Gasteiger partial charge in [-0.1, -0.05) is 0 Å². The van der Waals surface area contributed by atoms with Crippen LogP contribution in [0.25, 0.3) is 5.52 Å². The number of nitrogens with zero attached hydrogens (tertiary/aromatic N) is 3. The highest BCUT2D eigenvalue weighted by atomic mass is 79.9. The molecule has 1 fully saturated rings. The van der Waals surface area contributed by atoms with Crippen LogP contribution >= 0.6 is 15.9 Å². The van der Waals surface area contributed by atoms with Crippen LogP contribution < -0.4 is 15.8 Å². The van der Waals surface area contributed by atoms with Gasteiger partial charge in [0.15, 0.2) is 0 Å². The summed E-state index contributed by atoms with van der Waals surface area (Å²) in [5, 5.41) is 2.97. The van der Waals surface area contributed by atoms with Gasteiger partial charge in [-0.2, -0.15) is 0 Å². The summed E-state index contributed by atoms with van der Waals surface area (Å²) in [7, 11) is 0. The Morgan fingerprint density at radius 2 is 1.86 bits per heavy atom. The van der Waals surface area contributed by atoms with Crippen molar-refractivity contribution in [3.05, 3.63) is 67.2 Å². The molecule has 0 bridgehead atoms. The van der Waals surface area contributed by atoms with E-state index in [-0.39, 0.29) is 30.0 Å². The lowest BCUT2D eigenvalue weighted by molar-refractivity contribution is -0.129. The number of piperidine rings is 1. The van der Waals surface area contributed by atoms with Gasteiger partial charge in [0.2, 0.25) is 5.91 Å². The Morgan fingerprint density at radius 1 is 1.17 bits per heavy atom. The zero-order valence-electron chi connectivity index (χ0n) is 21.6. The minimum atomic E-state index is -0.213. The molecule has 0 unspecified atom stereocenters. The Bertz CT molecular complexity index is 1370. The fourth-order valence-corrected chi connectivity index (χ4v) is 5.77. The summed E-state index contributed by atoms with van der Waals surface area (Å²) in [6, 6.07) is 6.08. The number of H-pyrrole nitrogens is 1. The Balaban J connectivity index is 1.68. The van der Waals surface area contributed by atoms with E-state index in [1.54, 1.807) is 6.92 Å². The number of likely N-dealkylation sites (tertiary alicyclic amines) is 1. The fraction of sp³-hybridized carbons (Fsp3) is 0.444. The molecule has 0 aliphatic carbocycles. The fourth-order valence-electron chi connectivity index (χ4n) is 5.33. The van der Waals surface area contributed by atoms with Crippen LogP contribution in [0.3, 0.4) is 0 Å². The standard InChI is InChI=1S/C27H34BrN5O3/c1-6-32(21-7-9-31(10-8-21)19(5)34)27-18(4)23(13-22-12-20(28)15-33(22)27)25(35)29-14-24-16(2)11-17(3)30-26(24)36/h11-13,15,21H,6-10,14H2,1-5H3,(H,29,35)(H,30,36). The molecule has 3 aromatic heterocycles. The number of halogens is 1. The number of hydrogen-bond acceptors (Lipinski definition) is 4. The lowest BCUT2D eigenvalue weighted by Crippen LogP contribution is -2.47. The molecule has 192 valence electrons. The van der Waals surface area contributed by atoms with E-state index in [4.69, 9.17) is 0 Å². The number of nitrogens with one attached hydrogen (secondary N) is 2. The lowest BCUT2D eigenvalue weighted by atomic mass is 10.0. The van der Waals surface area contributed by atoms with Crippen LogP contribution in [-0.4, -0.2) is 51.8 Å². The smallest absolute Gasteiger partial charge is 0.253 e. The maximum Gasteiger partial charge on any atom is 0.253 e. The highest BCUT2D eigenvalue weighted by Gasteiger charge is 2.29.